The third-order valence-corrected chi connectivity index (χ3v) is 6.81. The van der Waals surface area contributed by atoms with Crippen LogP contribution in [0.15, 0.2) is 42.6 Å². The first kappa shape index (κ1) is 17.7. The fourth-order valence-electron chi connectivity index (χ4n) is 5.23. The molecule has 0 aliphatic heterocycles. The molecule has 0 saturated heterocycles. The lowest BCUT2D eigenvalue weighted by molar-refractivity contribution is 0.224. The van der Waals surface area contributed by atoms with Gasteiger partial charge in [0, 0.05) is 17.2 Å². The van der Waals surface area contributed by atoms with E-state index in [1.165, 1.54) is 69.8 Å². The molecule has 0 spiro atoms. The number of aromatic nitrogens is 1. The first-order chi connectivity index (χ1) is 13.4. The van der Waals surface area contributed by atoms with Gasteiger partial charge in [0.25, 0.3) is 0 Å². The van der Waals surface area contributed by atoms with Crippen LogP contribution in [0, 0.1) is 19.3 Å². The molecule has 0 unspecified atom stereocenters. The Kier molecular flexibility index (Phi) is 3.98. The van der Waals surface area contributed by atoms with Crippen molar-refractivity contribution in [2.45, 2.75) is 59.3 Å². The minimum Gasteiger partial charge on any atom is -0.256 e. The molecule has 1 saturated carbocycles. The monoisotopic (exact) mass is 367 g/mol. The Morgan fingerprint density at radius 3 is 2.36 bits per heavy atom. The van der Waals surface area contributed by atoms with Gasteiger partial charge in [-0.3, -0.25) is 4.98 Å². The first-order valence-electron chi connectivity index (χ1n) is 10.6. The second kappa shape index (κ2) is 6.30. The van der Waals surface area contributed by atoms with E-state index in [2.05, 4.69) is 70.2 Å². The maximum absolute atomic E-state index is 4.79. The average molecular weight is 368 g/mol. The summed E-state index contributed by atoms with van der Waals surface area (Å²) in [6.07, 6.45) is 9.63. The fraction of sp³-hybridized carbons (Fsp3) is 0.370. The summed E-state index contributed by atoms with van der Waals surface area (Å²) in [4.78, 5) is 4.79. The van der Waals surface area contributed by atoms with Crippen molar-refractivity contribution in [3.05, 3.63) is 76.1 Å². The standard InChI is InChI=1S/C27H29N/c1-17-11-18(2)13-22(12-17)24-16-23-15-21(19-5-8-27(3,4)9-6-19)14-20-7-10-28-26(24)25(20)23/h7,10-16,19H,5-6,8-9H2,1-4H3. The van der Waals surface area contributed by atoms with Gasteiger partial charge in [0.05, 0.1) is 5.69 Å². The van der Waals surface area contributed by atoms with Crippen molar-refractivity contribution in [3.8, 4) is 0 Å². The van der Waals surface area contributed by atoms with Gasteiger partial charge in [0.2, 0.25) is 0 Å². The molecule has 0 amide bonds. The van der Waals surface area contributed by atoms with E-state index in [9.17, 15) is 0 Å². The van der Waals surface area contributed by atoms with Crippen LogP contribution in [0.5, 0.6) is 0 Å². The van der Waals surface area contributed by atoms with Gasteiger partial charge in [-0.15, -0.1) is 0 Å². The van der Waals surface area contributed by atoms with E-state index in [-0.39, 0.29) is 0 Å². The molecule has 0 radical (unpaired) electrons. The number of hydrogen-bond acceptors (Lipinski definition) is 1. The summed E-state index contributed by atoms with van der Waals surface area (Å²) in [7, 11) is 0. The molecule has 1 aromatic heterocycles. The second-order valence-electron chi connectivity index (χ2n) is 9.74. The highest BCUT2D eigenvalue weighted by Crippen LogP contribution is 2.45. The summed E-state index contributed by atoms with van der Waals surface area (Å²) >= 11 is 0. The van der Waals surface area contributed by atoms with Crippen LogP contribution in [-0.4, -0.2) is 4.98 Å². The summed E-state index contributed by atoms with van der Waals surface area (Å²) < 4.78 is 0. The molecule has 1 nitrogen and oxygen atoms in total. The number of rotatable bonds is 2. The van der Waals surface area contributed by atoms with Crippen molar-refractivity contribution in [1.82, 2.24) is 4.98 Å². The highest BCUT2D eigenvalue weighted by Gasteiger charge is 2.29. The van der Waals surface area contributed by atoms with Crippen LogP contribution in [0.2, 0.25) is 0 Å². The first-order valence-corrected chi connectivity index (χ1v) is 10.6. The quantitative estimate of drug-likeness (QED) is 0.359. The molecule has 2 aliphatic carbocycles. The molecular formula is C27H29N. The smallest absolute Gasteiger partial charge is 0.0792 e. The molecule has 5 rings (SSSR count). The molecule has 0 N–H and O–H groups in total. The lowest BCUT2D eigenvalue weighted by Gasteiger charge is -2.34. The highest BCUT2D eigenvalue weighted by molar-refractivity contribution is 6.11. The number of benzene rings is 2. The molecule has 1 heterocycles. The van der Waals surface area contributed by atoms with E-state index >= 15 is 0 Å². The Morgan fingerprint density at radius 2 is 1.64 bits per heavy atom. The average Bonchev–Trinajstić information content (AvgIpc) is 3.01. The molecule has 142 valence electrons. The maximum atomic E-state index is 4.79. The van der Waals surface area contributed by atoms with Gasteiger partial charge < -0.3 is 0 Å². The van der Waals surface area contributed by atoms with Gasteiger partial charge in [-0.1, -0.05) is 55.3 Å². The third-order valence-electron chi connectivity index (χ3n) is 6.81. The number of nitrogens with zero attached hydrogens (tertiary/aromatic N) is 1. The summed E-state index contributed by atoms with van der Waals surface area (Å²) in [5, 5.41) is 2.68. The SMILES string of the molecule is Cc1cc(C)cc(C2=Cc3cc(C4CCC(C)(C)CC4)cc4ccnc2c34)c1. The predicted molar refractivity (Wildman–Crippen MR) is 120 cm³/mol. The van der Waals surface area contributed by atoms with Crippen LogP contribution in [-0.2, 0) is 0 Å². The van der Waals surface area contributed by atoms with Crippen molar-refractivity contribution in [2.75, 3.05) is 0 Å². The van der Waals surface area contributed by atoms with Crippen LogP contribution in [0.4, 0.5) is 0 Å². The summed E-state index contributed by atoms with van der Waals surface area (Å²) in [5.74, 6) is 0.698. The Balaban J connectivity index is 1.60. The minimum absolute atomic E-state index is 0.511. The van der Waals surface area contributed by atoms with Crippen LogP contribution in [0.25, 0.3) is 22.4 Å². The molecule has 3 aromatic rings. The molecular weight excluding hydrogens is 338 g/mol. The Hall–Kier alpha value is -2.41. The van der Waals surface area contributed by atoms with E-state index in [0.717, 1.165) is 5.69 Å². The Labute approximate surface area is 168 Å². The molecule has 1 heteroatoms. The molecule has 1 fully saturated rings. The van der Waals surface area contributed by atoms with Crippen molar-refractivity contribution in [3.63, 3.8) is 0 Å². The van der Waals surface area contributed by atoms with Crippen LogP contribution < -0.4 is 0 Å². The Bertz CT molecular complexity index is 1090. The van der Waals surface area contributed by atoms with E-state index in [1.807, 2.05) is 6.20 Å². The van der Waals surface area contributed by atoms with E-state index in [4.69, 9.17) is 4.98 Å². The normalized spacial score (nSPS) is 18.5. The number of hydrogen-bond donors (Lipinski definition) is 0. The number of aryl methyl sites for hydroxylation is 2. The molecule has 2 aromatic carbocycles. The lowest BCUT2D eigenvalue weighted by atomic mass is 9.71. The number of pyridine rings is 1. The van der Waals surface area contributed by atoms with Crippen LogP contribution in [0.1, 0.15) is 79.0 Å². The fourth-order valence-corrected chi connectivity index (χ4v) is 5.23. The summed E-state index contributed by atoms with van der Waals surface area (Å²) in [5.41, 5.74) is 9.71. The summed E-state index contributed by atoms with van der Waals surface area (Å²) in [6.45, 7) is 9.19. The zero-order valence-corrected chi connectivity index (χ0v) is 17.5. The largest absolute Gasteiger partial charge is 0.256 e. The zero-order valence-electron chi connectivity index (χ0n) is 17.5. The van der Waals surface area contributed by atoms with Gasteiger partial charge in [-0.2, -0.15) is 0 Å². The predicted octanol–water partition coefficient (Wildman–Crippen LogP) is 7.44. The van der Waals surface area contributed by atoms with Crippen LogP contribution >= 0.6 is 0 Å². The van der Waals surface area contributed by atoms with Gasteiger partial charge >= 0.3 is 0 Å². The highest BCUT2D eigenvalue weighted by atomic mass is 14.7. The Morgan fingerprint density at radius 1 is 0.929 bits per heavy atom. The molecule has 0 atom stereocenters. The molecule has 2 aliphatic rings. The van der Waals surface area contributed by atoms with E-state index in [0.29, 0.717) is 11.3 Å². The maximum Gasteiger partial charge on any atom is 0.0792 e. The zero-order chi connectivity index (χ0) is 19.5. The van der Waals surface area contributed by atoms with Crippen LogP contribution in [0.3, 0.4) is 0 Å². The van der Waals surface area contributed by atoms with Gasteiger partial charge in [-0.25, -0.2) is 0 Å². The third kappa shape index (κ3) is 2.98. The van der Waals surface area contributed by atoms with Crippen molar-refractivity contribution in [2.24, 2.45) is 5.41 Å². The van der Waals surface area contributed by atoms with Gasteiger partial charge in [0.15, 0.2) is 0 Å². The molecule has 0 bridgehead atoms. The van der Waals surface area contributed by atoms with Crippen molar-refractivity contribution >= 4 is 22.4 Å². The van der Waals surface area contributed by atoms with Crippen molar-refractivity contribution in [1.29, 1.82) is 0 Å². The van der Waals surface area contributed by atoms with Gasteiger partial charge in [-0.05, 0) is 85.1 Å². The van der Waals surface area contributed by atoms with Crippen molar-refractivity contribution < 1.29 is 0 Å². The van der Waals surface area contributed by atoms with Gasteiger partial charge in [0.1, 0.15) is 0 Å². The lowest BCUT2D eigenvalue weighted by Crippen LogP contribution is -2.20. The van der Waals surface area contributed by atoms with E-state index < -0.39 is 0 Å². The second-order valence-corrected chi connectivity index (χ2v) is 9.74. The molecule has 28 heavy (non-hydrogen) atoms. The van der Waals surface area contributed by atoms with E-state index in [1.54, 1.807) is 0 Å². The summed E-state index contributed by atoms with van der Waals surface area (Å²) in [6, 6.07) is 13.9. The minimum atomic E-state index is 0.511. The topological polar surface area (TPSA) is 12.9 Å².